The molecule has 4 rings (SSSR count). The lowest BCUT2D eigenvalue weighted by atomic mass is 10.0. The Morgan fingerprint density at radius 3 is 2.37 bits per heavy atom. The number of alkyl halides is 3. The number of hydrogen-bond donors (Lipinski definition) is 1. The van der Waals surface area contributed by atoms with Crippen LogP contribution in [0.5, 0.6) is 5.75 Å². The van der Waals surface area contributed by atoms with Crippen LogP contribution in [0.2, 0.25) is 10.0 Å². The second-order valence-electron chi connectivity index (χ2n) is 9.95. The van der Waals surface area contributed by atoms with Gasteiger partial charge in [-0.15, -0.1) is 0 Å². The first-order valence-corrected chi connectivity index (χ1v) is 13.4. The maximum atomic E-state index is 13.7. The molecule has 1 heterocycles. The lowest BCUT2D eigenvalue weighted by Gasteiger charge is -2.24. The fraction of sp³-hybridized carbons (Fsp3) is 0.267. The summed E-state index contributed by atoms with van der Waals surface area (Å²) < 4.78 is 48.9. The van der Waals surface area contributed by atoms with Gasteiger partial charge in [0.05, 0.1) is 33.1 Å². The fourth-order valence-corrected chi connectivity index (χ4v) is 5.20. The molecule has 41 heavy (non-hydrogen) atoms. The summed E-state index contributed by atoms with van der Waals surface area (Å²) in [6, 6.07) is 13.6. The second-order valence-corrected chi connectivity index (χ2v) is 10.8. The maximum absolute atomic E-state index is 13.7. The SMILES string of the molecule is Cc1cc(OCc2c(C(C)C)cnn2-c2c(Cl)cccc2Cl)ccc1N(C)Cc1ccc(C(=O)O)cc1C(F)(F)F. The highest BCUT2D eigenvalue weighted by atomic mass is 35.5. The van der Waals surface area contributed by atoms with E-state index >= 15 is 0 Å². The number of rotatable bonds is 9. The van der Waals surface area contributed by atoms with Crippen LogP contribution in [-0.4, -0.2) is 27.9 Å². The van der Waals surface area contributed by atoms with Crippen molar-refractivity contribution >= 4 is 34.9 Å². The van der Waals surface area contributed by atoms with Gasteiger partial charge in [0.2, 0.25) is 0 Å². The molecule has 3 aromatic carbocycles. The number of carbonyl (C=O) groups is 1. The number of carboxylic acids is 1. The van der Waals surface area contributed by atoms with Gasteiger partial charge in [-0.25, -0.2) is 9.48 Å². The molecule has 1 aromatic heterocycles. The van der Waals surface area contributed by atoms with Crippen molar-refractivity contribution in [3.63, 3.8) is 0 Å². The van der Waals surface area contributed by atoms with E-state index in [1.807, 2.05) is 26.8 Å². The van der Waals surface area contributed by atoms with Crippen LogP contribution in [0.3, 0.4) is 0 Å². The number of nitrogens with zero attached hydrogens (tertiary/aromatic N) is 3. The Hall–Kier alpha value is -3.69. The number of halogens is 5. The van der Waals surface area contributed by atoms with Crippen molar-refractivity contribution in [2.75, 3.05) is 11.9 Å². The summed E-state index contributed by atoms with van der Waals surface area (Å²) in [5.41, 5.74) is 2.39. The molecule has 4 aromatic rings. The Labute approximate surface area is 245 Å². The number of aromatic nitrogens is 2. The monoisotopic (exact) mass is 605 g/mol. The van der Waals surface area contributed by atoms with Gasteiger partial charge in [0, 0.05) is 19.3 Å². The largest absolute Gasteiger partial charge is 0.487 e. The van der Waals surface area contributed by atoms with E-state index < -0.39 is 23.3 Å². The molecule has 0 spiro atoms. The van der Waals surface area contributed by atoms with Gasteiger partial charge in [-0.1, -0.05) is 49.2 Å². The zero-order valence-corrected chi connectivity index (χ0v) is 24.3. The highest BCUT2D eigenvalue weighted by Gasteiger charge is 2.34. The molecular weight excluding hydrogens is 578 g/mol. The van der Waals surface area contributed by atoms with Crippen LogP contribution in [0, 0.1) is 6.92 Å². The Morgan fingerprint density at radius 2 is 1.78 bits per heavy atom. The van der Waals surface area contributed by atoms with E-state index in [0.717, 1.165) is 16.8 Å². The van der Waals surface area contributed by atoms with Crippen molar-refractivity contribution in [3.05, 3.63) is 104 Å². The van der Waals surface area contributed by atoms with E-state index in [9.17, 15) is 18.0 Å². The molecule has 0 radical (unpaired) electrons. The third-order valence-corrected chi connectivity index (χ3v) is 7.31. The summed E-state index contributed by atoms with van der Waals surface area (Å²) in [6.45, 7) is 6.03. The average molecular weight is 606 g/mol. The molecule has 0 aliphatic heterocycles. The summed E-state index contributed by atoms with van der Waals surface area (Å²) in [7, 11) is 1.68. The highest BCUT2D eigenvalue weighted by Crippen LogP contribution is 2.35. The number of carboxylic acid groups (broad SMARTS) is 1. The van der Waals surface area contributed by atoms with Gasteiger partial charge < -0.3 is 14.7 Å². The Morgan fingerprint density at radius 1 is 1.10 bits per heavy atom. The van der Waals surface area contributed by atoms with E-state index in [1.165, 1.54) is 12.1 Å². The van der Waals surface area contributed by atoms with Crippen molar-refractivity contribution in [1.82, 2.24) is 9.78 Å². The zero-order valence-electron chi connectivity index (χ0n) is 22.8. The first-order chi connectivity index (χ1) is 19.3. The molecule has 0 saturated carbocycles. The summed E-state index contributed by atoms with van der Waals surface area (Å²) >= 11 is 12.9. The van der Waals surface area contributed by atoms with Gasteiger partial charge in [-0.2, -0.15) is 18.3 Å². The van der Waals surface area contributed by atoms with E-state index in [-0.39, 0.29) is 24.6 Å². The molecule has 6 nitrogen and oxygen atoms in total. The number of para-hydroxylation sites is 1. The quantitative estimate of drug-likeness (QED) is 0.207. The molecule has 11 heteroatoms. The Bertz CT molecular complexity index is 1560. The van der Waals surface area contributed by atoms with E-state index in [4.69, 9.17) is 33.0 Å². The van der Waals surface area contributed by atoms with Crippen molar-refractivity contribution in [2.45, 2.75) is 46.0 Å². The Balaban J connectivity index is 1.57. The number of aromatic carboxylic acids is 1. The summed E-state index contributed by atoms with van der Waals surface area (Å²) in [5, 5.41) is 14.6. The molecule has 0 aliphatic carbocycles. The van der Waals surface area contributed by atoms with Crippen LogP contribution in [0.25, 0.3) is 5.69 Å². The van der Waals surface area contributed by atoms with Crippen molar-refractivity contribution in [3.8, 4) is 11.4 Å². The van der Waals surface area contributed by atoms with E-state index in [0.29, 0.717) is 33.2 Å². The normalized spacial score (nSPS) is 11.7. The minimum absolute atomic E-state index is 0.0302. The molecule has 216 valence electrons. The lowest BCUT2D eigenvalue weighted by Crippen LogP contribution is -2.21. The molecule has 0 aliphatic rings. The van der Waals surface area contributed by atoms with Crippen molar-refractivity contribution in [1.29, 1.82) is 0 Å². The molecule has 0 bridgehead atoms. The number of ether oxygens (including phenoxy) is 1. The third-order valence-electron chi connectivity index (χ3n) is 6.70. The molecular formula is C30H28Cl2F3N3O3. The van der Waals surface area contributed by atoms with Gasteiger partial charge >= 0.3 is 12.1 Å². The van der Waals surface area contributed by atoms with Gasteiger partial charge in [0.15, 0.2) is 0 Å². The van der Waals surface area contributed by atoms with Crippen LogP contribution in [-0.2, 0) is 19.3 Å². The molecule has 0 saturated heterocycles. The van der Waals surface area contributed by atoms with Crippen molar-refractivity contribution in [2.24, 2.45) is 0 Å². The van der Waals surface area contributed by atoms with Gasteiger partial charge in [-0.3, -0.25) is 0 Å². The van der Waals surface area contributed by atoms with Crippen LogP contribution in [0.15, 0.2) is 60.8 Å². The first kappa shape index (κ1) is 30.3. The standard InChI is InChI=1S/C30H28Cl2F3N3O3/c1-17(2)22-14-36-38(28-24(31)6-5-7-25(28)32)27(22)16-41-21-10-11-26(18(3)12-21)37(4)15-20-9-8-19(29(39)40)13-23(20)30(33,34)35/h5-14,17H,15-16H2,1-4H3,(H,39,40). The molecule has 0 unspecified atom stereocenters. The smallest absolute Gasteiger partial charge is 0.416 e. The third kappa shape index (κ3) is 6.63. The van der Waals surface area contributed by atoms with Crippen LogP contribution < -0.4 is 9.64 Å². The molecule has 0 atom stereocenters. The number of anilines is 1. The topological polar surface area (TPSA) is 67.6 Å². The second kappa shape index (κ2) is 12.0. The van der Waals surface area contributed by atoms with Crippen LogP contribution in [0.4, 0.5) is 18.9 Å². The predicted molar refractivity (Wildman–Crippen MR) is 154 cm³/mol. The average Bonchev–Trinajstić information content (AvgIpc) is 3.30. The van der Waals surface area contributed by atoms with E-state index in [2.05, 4.69) is 5.10 Å². The number of hydrogen-bond acceptors (Lipinski definition) is 4. The minimum atomic E-state index is -4.69. The lowest BCUT2D eigenvalue weighted by molar-refractivity contribution is -0.138. The Kier molecular flexibility index (Phi) is 8.89. The van der Waals surface area contributed by atoms with E-state index in [1.54, 1.807) is 53.2 Å². The van der Waals surface area contributed by atoms with Crippen LogP contribution in [0.1, 0.15) is 58.1 Å². The summed E-state index contributed by atoms with van der Waals surface area (Å²) in [6.07, 6.45) is -2.92. The fourth-order valence-electron chi connectivity index (χ4n) is 4.65. The first-order valence-electron chi connectivity index (χ1n) is 12.7. The zero-order chi connectivity index (χ0) is 30.1. The number of aryl methyl sites for hydroxylation is 1. The van der Waals surface area contributed by atoms with Gasteiger partial charge in [0.1, 0.15) is 18.0 Å². The molecule has 1 N–H and O–H groups in total. The predicted octanol–water partition coefficient (Wildman–Crippen LogP) is 8.54. The minimum Gasteiger partial charge on any atom is -0.487 e. The number of benzene rings is 3. The van der Waals surface area contributed by atoms with Gasteiger partial charge in [-0.05, 0) is 72.0 Å². The van der Waals surface area contributed by atoms with Gasteiger partial charge in [0.25, 0.3) is 0 Å². The molecule has 0 fully saturated rings. The van der Waals surface area contributed by atoms with Crippen molar-refractivity contribution < 1.29 is 27.8 Å². The summed E-state index contributed by atoms with van der Waals surface area (Å²) in [5.74, 6) is -0.693. The van der Waals surface area contributed by atoms with Crippen LogP contribution >= 0.6 is 23.2 Å². The summed E-state index contributed by atoms with van der Waals surface area (Å²) in [4.78, 5) is 12.9. The maximum Gasteiger partial charge on any atom is 0.416 e. The molecule has 0 amide bonds. The highest BCUT2D eigenvalue weighted by molar-refractivity contribution is 6.37.